The number of aryl methyl sites for hydroxylation is 1. The van der Waals surface area contributed by atoms with E-state index in [9.17, 15) is 9.90 Å². The third kappa shape index (κ3) is 5.50. The number of fused-ring (bicyclic) bond motifs is 1. The summed E-state index contributed by atoms with van der Waals surface area (Å²) < 4.78 is 0. The van der Waals surface area contributed by atoms with Crippen molar-refractivity contribution in [2.45, 2.75) is 64.0 Å². The fraction of sp³-hybridized carbons (Fsp3) is 0.560. The maximum Gasteiger partial charge on any atom is 0.407 e. The van der Waals surface area contributed by atoms with Crippen LogP contribution in [0.2, 0.25) is 0 Å². The number of rotatable bonds is 7. The molecule has 1 fully saturated rings. The topological polar surface area (TPSA) is 81.6 Å². The lowest BCUT2D eigenvalue weighted by atomic mass is 9.85. The Kier molecular flexibility index (Phi) is 7.12. The second-order valence-corrected chi connectivity index (χ2v) is 9.41. The fourth-order valence-corrected chi connectivity index (χ4v) is 5.01. The smallest absolute Gasteiger partial charge is 0.407 e. The van der Waals surface area contributed by atoms with Crippen LogP contribution in [0.5, 0.6) is 0 Å². The summed E-state index contributed by atoms with van der Waals surface area (Å²) in [5, 5.41) is 13.3. The molecule has 2 aromatic rings. The highest BCUT2D eigenvalue weighted by molar-refractivity contribution is 5.65. The summed E-state index contributed by atoms with van der Waals surface area (Å²) in [7, 11) is 4.10. The Labute approximate surface area is 190 Å². The van der Waals surface area contributed by atoms with Gasteiger partial charge in [-0.15, -0.1) is 0 Å². The zero-order valence-electron chi connectivity index (χ0n) is 19.3. The predicted octanol–water partition coefficient (Wildman–Crippen LogP) is 4.57. The minimum atomic E-state index is -0.840. The van der Waals surface area contributed by atoms with Crippen LogP contribution in [0.1, 0.15) is 55.3 Å². The third-order valence-electron chi connectivity index (χ3n) is 6.73. The largest absolute Gasteiger partial charge is 0.465 e. The van der Waals surface area contributed by atoms with E-state index in [-0.39, 0.29) is 0 Å². The molecule has 0 aliphatic heterocycles. The summed E-state index contributed by atoms with van der Waals surface area (Å²) in [5.74, 6) is 2.19. The van der Waals surface area contributed by atoms with Gasteiger partial charge in [0.15, 0.2) is 0 Å². The Bertz CT molecular complexity index is 910. The van der Waals surface area contributed by atoms with Crippen LogP contribution in [0.15, 0.2) is 30.3 Å². The zero-order valence-corrected chi connectivity index (χ0v) is 19.3. The first-order valence-corrected chi connectivity index (χ1v) is 11.8. The Morgan fingerprint density at radius 1 is 1.06 bits per heavy atom. The zero-order chi connectivity index (χ0) is 22.5. The van der Waals surface area contributed by atoms with E-state index in [1.54, 1.807) is 4.90 Å². The number of nitrogens with one attached hydrogen (secondary N) is 1. The number of hydrogen-bond acceptors (Lipinski definition) is 5. The first-order chi connectivity index (χ1) is 15.5. The minimum absolute atomic E-state index is 0.343. The number of hydrogen-bond donors (Lipinski definition) is 2. The van der Waals surface area contributed by atoms with Crippen LogP contribution in [0, 0.1) is 5.92 Å². The first kappa shape index (κ1) is 22.4. The molecule has 7 nitrogen and oxygen atoms in total. The molecule has 1 amide bonds. The van der Waals surface area contributed by atoms with Gasteiger partial charge in [-0.05, 0) is 62.8 Å². The third-order valence-corrected chi connectivity index (χ3v) is 6.73. The normalized spacial score (nSPS) is 20.3. The molecule has 1 aromatic carbocycles. The van der Waals surface area contributed by atoms with Crippen LogP contribution in [-0.2, 0) is 19.4 Å². The quantitative estimate of drug-likeness (QED) is 0.660. The van der Waals surface area contributed by atoms with Crippen molar-refractivity contribution in [2.75, 3.05) is 30.9 Å². The summed E-state index contributed by atoms with van der Waals surface area (Å²) in [6, 6.07) is 10.2. The van der Waals surface area contributed by atoms with Gasteiger partial charge in [0.2, 0.25) is 5.95 Å². The monoisotopic (exact) mass is 437 g/mol. The molecule has 172 valence electrons. The van der Waals surface area contributed by atoms with Crippen LogP contribution in [0.3, 0.4) is 0 Å². The van der Waals surface area contributed by atoms with Crippen LogP contribution in [0.25, 0.3) is 0 Å². The van der Waals surface area contributed by atoms with Crippen molar-refractivity contribution in [3.8, 4) is 0 Å². The van der Waals surface area contributed by atoms with Crippen LogP contribution in [-0.4, -0.2) is 52.7 Å². The van der Waals surface area contributed by atoms with Gasteiger partial charge in [0.05, 0.1) is 5.69 Å². The van der Waals surface area contributed by atoms with Crippen molar-refractivity contribution in [1.82, 2.24) is 14.9 Å². The van der Waals surface area contributed by atoms with Crippen LogP contribution in [0.4, 0.5) is 16.6 Å². The highest BCUT2D eigenvalue weighted by Crippen LogP contribution is 2.31. The molecule has 0 bridgehead atoms. The molecule has 4 rings (SSSR count). The Morgan fingerprint density at radius 3 is 2.47 bits per heavy atom. The SMILES string of the molecule is CN(C)c1nc(N[C@H]2CC[C@@H](CN(Cc3ccccc3)C(=O)O)CC2)nc2c1CCCC2. The van der Waals surface area contributed by atoms with Gasteiger partial charge in [0.25, 0.3) is 0 Å². The molecule has 2 N–H and O–H groups in total. The van der Waals surface area contributed by atoms with Gasteiger partial charge in [-0.1, -0.05) is 30.3 Å². The Hall–Kier alpha value is -2.83. The maximum atomic E-state index is 11.8. The van der Waals surface area contributed by atoms with Crippen molar-refractivity contribution in [3.05, 3.63) is 47.2 Å². The molecule has 0 unspecified atom stereocenters. The highest BCUT2D eigenvalue weighted by atomic mass is 16.4. The summed E-state index contributed by atoms with van der Waals surface area (Å²) in [5.41, 5.74) is 3.54. The lowest BCUT2D eigenvalue weighted by Gasteiger charge is -2.32. The predicted molar refractivity (Wildman–Crippen MR) is 127 cm³/mol. The molecule has 2 aliphatic rings. The molecule has 7 heteroatoms. The average Bonchev–Trinajstić information content (AvgIpc) is 2.80. The second kappa shape index (κ2) is 10.2. The summed E-state index contributed by atoms with van der Waals surface area (Å²) >= 11 is 0. The molecule has 1 aromatic heterocycles. The van der Waals surface area contributed by atoms with E-state index in [1.165, 1.54) is 24.1 Å². The molecular formula is C25H35N5O2. The Morgan fingerprint density at radius 2 is 1.78 bits per heavy atom. The van der Waals surface area contributed by atoms with Crippen molar-refractivity contribution >= 4 is 17.9 Å². The number of carboxylic acid groups (broad SMARTS) is 1. The van der Waals surface area contributed by atoms with Crippen LogP contribution < -0.4 is 10.2 Å². The number of aromatic nitrogens is 2. The lowest BCUT2D eigenvalue weighted by molar-refractivity contribution is 0.127. The van der Waals surface area contributed by atoms with Gasteiger partial charge < -0.3 is 20.2 Å². The molecule has 1 heterocycles. The van der Waals surface area contributed by atoms with E-state index in [4.69, 9.17) is 9.97 Å². The molecule has 32 heavy (non-hydrogen) atoms. The van der Waals surface area contributed by atoms with Crippen LogP contribution >= 0.6 is 0 Å². The summed E-state index contributed by atoms with van der Waals surface area (Å²) in [6.45, 7) is 1.04. The van der Waals surface area contributed by atoms with E-state index in [2.05, 4.69) is 24.3 Å². The minimum Gasteiger partial charge on any atom is -0.465 e. The number of amides is 1. The Balaban J connectivity index is 1.34. The van der Waals surface area contributed by atoms with E-state index in [0.29, 0.717) is 25.0 Å². The fourth-order valence-electron chi connectivity index (χ4n) is 5.01. The molecule has 0 spiro atoms. The van der Waals surface area contributed by atoms with E-state index in [0.717, 1.165) is 55.9 Å². The van der Waals surface area contributed by atoms with Gasteiger partial charge in [-0.3, -0.25) is 0 Å². The highest BCUT2D eigenvalue weighted by Gasteiger charge is 2.26. The van der Waals surface area contributed by atoms with E-state index in [1.807, 2.05) is 30.3 Å². The lowest BCUT2D eigenvalue weighted by Crippen LogP contribution is -2.37. The molecule has 0 radical (unpaired) electrons. The molecule has 0 atom stereocenters. The molecular weight excluding hydrogens is 402 g/mol. The van der Waals surface area contributed by atoms with Gasteiger partial charge in [0.1, 0.15) is 5.82 Å². The average molecular weight is 438 g/mol. The van der Waals surface area contributed by atoms with E-state index < -0.39 is 6.09 Å². The van der Waals surface area contributed by atoms with Gasteiger partial charge in [-0.25, -0.2) is 9.78 Å². The summed E-state index contributed by atoms with van der Waals surface area (Å²) in [4.78, 5) is 25.1. The van der Waals surface area contributed by atoms with Crippen molar-refractivity contribution in [3.63, 3.8) is 0 Å². The van der Waals surface area contributed by atoms with Crippen molar-refractivity contribution < 1.29 is 9.90 Å². The van der Waals surface area contributed by atoms with Gasteiger partial charge in [0, 0.05) is 38.8 Å². The standard InChI is InChI=1S/C25H35N5O2/c1-29(2)23-21-10-6-7-11-22(21)27-24(28-23)26-20-14-12-19(13-15-20)17-30(25(31)32)16-18-8-4-3-5-9-18/h3-5,8-9,19-20H,6-7,10-17H2,1-2H3,(H,31,32)(H,26,27,28)/t19-,20+. The number of anilines is 2. The molecule has 1 saturated carbocycles. The molecule has 2 aliphatic carbocycles. The van der Waals surface area contributed by atoms with Gasteiger partial charge >= 0.3 is 6.09 Å². The van der Waals surface area contributed by atoms with Gasteiger partial charge in [-0.2, -0.15) is 4.98 Å². The van der Waals surface area contributed by atoms with Crippen molar-refractivity contribution in [2.24, 2.45) is 5.92 Å². The number of carbonyl (C=O) groups is 1. The second-order valence-electron chi connectivity index (χ2n) is 9.41. The first-order valence-electron chi connectivity index (χ1n) is 11.8. The molecule has 0 saturated heterocycles. The number of benzene rings is 1. The maximum absolute atomic E-state index is 11.8. The van der Waals surface area contributed by atoms with E-state index >= 15 is 0 Å². The summed E-state index contributed by atoms with van der Waals surface area (Å²) in [6.07, 6.45) is 7.74. The number of nitrogens with zero attached hydrogens (tertiary/aromatic N) is 4. The van der Waals surface area contributed by atoms with Crippen molar-refractivity contribution in [1.29, 1.82) is 0 Å².